The first kappa shape index (κ1) is 17.7. The molecule has 27 heavy (non-hydrogen) atoms. The number of pyridine rings is 1. The van der Waals surface area contributed by atoms with Crippen LogP contribution in [0.25, 0.3) is 10.9 Å². The number of benzene rings is 1. The zero-order valence-corrected chi connectivity index (χ0v) is 14.9. The molecular weight excluding hydrogens is 349 g/mol. The van der Waals surface area contributed by atoms with Gasteiger partial charge in [-0.25, -0.2) is 9.18 Å². The molecule has 3 N–H and O–H groups in total. The number of carboxylic acid groups (broad SMARTS) is 1. The van der Waals surface area contributed by atoms with Gasteiger partial charge in [0, 0.05) is 37.3 Å². The second kappa shape index (κ2) is 6.81. The van der Waals surface area contributed by atoms with Crippen LogP contribution < -0.4 is 16.1 Å². The lowest BCUT2D eigenvalue weighted by Crippen LogP contribution is -2.32. The molecule has 2 heterocycles. The highest BCUT2D eigenvalue weighted by molar-refractivity contribution is 5.93. The molecule has 1 aromatic carbocycles. The SMILES string of the molecule is NC/C=C1\CCCN(c2cc3c(cc2F)c(=O)c(C(=O)O)cn3C2CC2)C1. The largest absolute Gasteiger partial charge is 0.477 e. The number of piperidine rings is 1. The Morgan fingerprint density at radius 2 is 2.15 bits per heavy atom. The molecule has 0 atom stereocenters. The number of anilines is 1. The Morgan fingerprint density at radius 3 is 2.81 bits per heavy atom. The molecule has 1 saturated carbocycles. The minimum Gasteiger partial charge on any atom is -0.477 e. The van der Waals surface area contributed by atoms with E-state index in [1.54, 1.807) is 6.07 Å². The Bertz CT molecular complexity index is 1010. The van der Waals surface area contributed by atoms with Gasteiger partial charge in [0.15, 0.2) is 0 Å². The van der Waals surface area contributed by atoms with E-state index in [-0.39, 0.29) is 17.0 Å². The lowest BCUT2D eigenvalue weighted by Gasteiger charge is -2.31. The van der Waals surface area contributed by atoms with E-state index in [0.29, 0.717) is 24.3 Å². The van der Waals surface area contributed by atoms with E-state index < -0.39 is 17.2 Å². The molecule has 6 nitrogen and oxygen atoms in total. The zero-order chi connectivity index (χ0) is 19.1. The Kier molecular flexibility index (Phi) is 4.47. The number of aromatic nitrogens is 1. The Labute approximate surface area is 155 Å². The van der Waals surface area contributed by atoms with Crippen LogP contribution in [0.3, 0.4) is 0 Å². The van der Waals surface area contributed by atoms with E-state index in [2.05, 4.69) is 0 Å². The normalized spacial score (nSPS) is 19.0. The maximum atomic E-state index is 14.9. The number of hydrogen-bond donors (Lipinski definition) is 2. The van der Waals surface area contributed by atoms with Crippen molar-refractivity contribution >= 4 is 22.6 Å². The molecule has 0 radical (unpaired) electrons. The number of carbonyl (C=O) groups is 1. The lowest BCUT2D eigenvalue weighted by molar-refractivity contribution is 0.0695. The van der Waals surface area contributed by atoms with E-state index >= 15 is 0 Å². The molecule has 2 aliphatic rings. The van der Waals surface area contributed by atoms with Crippen LogP contribution in [0.1, 0.15) is 42.1 Å². The van der Waals surface area contributed by atoms with Crippen LogP contribution in [0.5, 0.6) is 0 Å². The van der Waals surface area contributed by atoms with Crippen molar-refractivity contribution in [3.8, 4) is 0 Å². The summed E-state index contributed by atoms with van der Waals surface area (Å²) in [5, 5.41) is 9.45. The Hall–Kier alpha value is -2.67. The van der Waals surface area contributed by atoms with Crippen LogP contribution >= 0.6 is 0 Å². The number of nitrogens with two attached hydrogens (primary N) is 1. The summed E-state index contributed by atoms with van der Waals surface area (Å²) in [4.78, 5) is 25.9. The van der Waals surface area contributed by atoms with Crippen LogP contribution in [0.15, 0.2) is 34.8 Å². The smallest absolute Gasteiger partial charge is 0.341 e. The zero-order valence-electron chi connectivity index (χ0n) is 14.9. The van der Waals surface area contributed by atoms with E-state index in [9.17, 15) is 19.1 Å². The first-order valence-electron chi connectivity index (χ1n) is 9.24. The van der Waals surface area contributed by atoms with Crippen molar-refractivity contribution in [1.29, 1.82) is 0 Å². The summed E-state index contributed by atoms with van der Waals surface area (Å²) in [5.41, 5.74) is 6.89. The number of aromatic carboxylic acids is 1. The molecule has 0 amide bonds. The highest BCUT2D eigenvalue weighted by Crippen LogP contribution is 2.38. The third-order valence-corrected chi connectivity index (χ3v) is 5.34. The molecule has 1 aliphatic carbocycles. The first-order chi connectivity index (χ1) is 13.0. The first-order valence-corrected chi connectivity index (χ1v) is 9.24. The Morgan fingerprint density at radius 1 is 1.37 bits per heavy atom. The summed E-state index contributed by atoms with van der Waals surface area (Å²) in [7, 11) is 0. The molecule has 1 aliphatic heterocycles. The fourth-order valence-electron chi connectivity index (χ4n) is 3.85. The van der Waals surface area contributed by atoms with E-state index in [4.69, 9.17) is 5.73 Å². The van der Waals surface area contributed by atoms with Crippen molar-refractivity contribution in [1.82, 2.24) is 4.57 Å². The topological polar surface area (TPSA) is 88.6 Å². The van der Waals surface area contributed by atoms with Gasteiger partial charge >= 0.3 is 5.97 Å². The molecule has 2 fully saturated rings. The minimum absolute atomic E-state index is 0.123. The van der Waals surface area contributed by atoms with Gasteiger partial charge in [0.1, 0.15) is 11.4 Å². The summed E-state index contributed by atoms with van der Waals surface area (Å²) in [6.45, 7) is 1.80. The maximum Gasteiger partial charge on any atom is 0.341 e. The van der Waals surface area contributed by atoms with Gasteiger partial charge in [-0.2, -0.15) is 0 Å². The van der Waals surface area contributed by atoms with Crippen LogP contribution in [0.4, 0.5) is 10.1 Å². The summed E-state index contributed by atoms with van der Waals surface area (Å²) >= 11 is 0. The quantitative estimate of drug-likeness (QED) is 0.807. The second-order valence-corrected chi connectivity index (χ2v) is 7.26. The molecule has 2 aromatic rings. The van der Waals surface area contributed by atoms with Gasteiger partial charge in [-0.05, 0) is 37.8 Å². The van der Waals surface area contributed by atoms with Gasteiger partial charge in [0.05, 0.1) is 11.2 Å². The van der Waals surface area contributed by atoms with Gasteiger partial charge in [-0.3, -0.25) is 4.79 Å². The standard InChI is InChI=1S/C20H22FN3O3/c21-16-8-14-17(9-18(16)23-7-1-2-12(10-23)5-6-22)24(13-3-4-13)11-15(19(14)25)20(26)27/h5,8-9,11,13H,1-4,6-7,10,22H2,(H,26,27)/b12-5+. The number of rotatable bonds is 4. The minimum atomic E-state index is -1.28. The summed E-state index contributed by atoms with van der Waals surface area (Å²) in [6.07, 6.45) is 7.11. The highest BCUT2D eigenvalue weighted by Gasteiger charge is 2.28. The van der Waals surface area contributed by atoms with Crippen LogP contribution in [0, 0.1) is 5.82 Å². The fourth-order valence-corrected chi connectivity index (χ4v) is 3.85. The molecule has 1 aromatic heterocycles. The summed E-state index contributed by atoms with van der Waals surface area (Å²) in [5.74, 6) is -1.79. The average Bonchev–Trinajstić information content (AvgIpc) is 3.47. The lowest BCUT2D eigenvalue weighted by atomic mass is 10.0. The molecule has 142 valence electrons. The fraction of sp³-hybridized carbons (Fsp3) is 0.400. The van der Waals surface area contributed by atoms with Gasteiger partial charge < -0.3 is 20.3 Å². The predicted octanol–water partition coefficient (Wildman–Crippen LogP) is 2.66. The number of hydrogen-bond acceptors (Lipinski definition) is 4. The summed E-state index contributed by atoms with van der Waals surface area (Å²) < 4.78 is 16.7. The summed E-state index contributed by atoms with van der Waals surface area (Å²) in [6, 6.07) is 3.05. The van der Waals surface area contributed by atoms with Crippen molar-refractivity contribution in [3.05, 3.63) is 51.6 Å². The van der Waals surface area contributed by atoms with E-state index in [1.165, 1.54) is 17.8 Å². The van der Waals surface area contributed by atoms with Crippen LogP contribution in [-0.2, 0) is 0 Å². The number of nitrogens with zero attached hydrogens (tertiary/aromatic N) is 2. The van der Waals surface area contributed by atoms with Crippen molar-refractivity contribution in [2.75, 3.05) is 24.5 Å². The third-order valence-electron chi connectivity index (χ3n) is 5.34. The molecule has 4 rings (SSSR count). The molecular formula is C20H22FN3O3. The van der Waals surface area contributed by atoms with E-state index in [1.807, 2.05) is 15.5 Å². The number of carboxylic acids is 1. The van der Waals surface area contributed by atoms with Crippen LogP contribution in [0.2, 0.25) is 0 Å². The monoisotopic (exact) mass is 371 g/mol. The van der Waals surface area contributed by atoms with Crippen molar-refractivity contribution in [2.45, 2.75) is 31.7 Å². The third kappa shape index (κ3) is 3.23. The van der Waals surface area contributed by atoms with Crippen LogP contribution in [-0.4, -0.2) is 35.3 Å². The maximum absolute atomic E-state index is 14.9. The molecule has 0 bridgehead atoms. The molecule has 1 saturated heterocycles. The van der Waals surface area contributed by atoms with Gasteiger partial charge in [-0.15, -0.1) is 0 Å². The molecule has 0 unspecified atom stereocenters. The van der Waals surface area contributed by atoms with Gasteiger partial charge in [-0.1, -0.05) is 11.6 Å². The van der Waals surface area contributed by atoms with Crippen molar-refractivity contribution < 1.29 is 14.3 Å². The number of fused-ring (bicyclic) bond motifs is 1. The highest BCUT2D eigenvalue weighted by atomic mass is 19.1. The average molecular weight is 371 g/mol. The van der Waals surface area contributed by atoms with Gasteiger partial charge in [0.25, 0.3) is 0 Å². The predicted molar refractivity (Wildman–Crippen MR) is 102 cm³/mol. The molecule has 0 spiro atoms. The van der Waals surface area contributed by atoms with Gasteiger partial charge in [0.2, 0.25) is 5.43 Å². The number of halogens is 1. The van der Waals surface area contributed by atoms with Crippen molar-refractivity contribution in [3.63, 3.8) is 0 Å². The van der Waals surface area contributed by atoms with Crippen molar-refractivity contribution in [2.24, 2.45) is 5.73 Å². The van der Waals surface area contributed by atoms with E-state index in [0.717, 1.165) is 32.2 Å². The molecule has 7 heteroatoms. The second-order valence-electron chi connectivity index (χ2n) is 7.26. The Balaban J connectivity index is 1.87.